The Kier molecular flexibility index (Phi) is 5.16. The predicted molar refractivity (Wildman–Crippen MR) is 60.9 cm³/mol. The van der Waals surface area contributed by atoms with E-state index in [1.54, 1.807) is 6.92 Å². The molecule has 1 aromatic rings. The molecule has 1 aromatic carbocycles. The fraction of sp³-hybridized carbons (Fsp3) is 0.231. The van der Waals surface area contributed by atoms with E-state index in [9.17, 15) is 9.59 Å². The first kappa shape index (κ1) is 12.3. The van der Waals surface area contributed by atoms with Gasteiger partial charge < -0.3 is 4.74 Å². The molecule has 0 unspecified atom stereocenters. The molecule has 0 N–H and O–H groups in total. The minimum atomic E-state index is -0.284. The quantitative estimate of drug-likeness (QED) is 0.317. The maximum absolute atomic E-state index is 11.4. The van der Waals surface area contributed by atoms with Crippen molar-refractivity contribution in [3.63, 3.8) is 0 Å². The zero-order valence-corrected chi connectivity index (χ0v) is 9.18. The first-order chi connectivity index (χ1) is 7.77. The Morgan fingerprint density at radius 1 is 1.31 bits per heavy atom. The van der Waals surface area contributed by atoms with E-state index in [-0.39, 0.29) is 18.0 Å². The molecule has 3 nitrogen and oxygen atoms in total. The second-order valence-electron chi connectivity index (χ2n) is 3.26. The SMILES string of the molecule is C/C=C(\C=O)C(=O)COCc1ccccc1. The van der Waals surface area contributed by atoms with Crippen LogP contribution in [0.1, 0.15) is 12.5 Å². The molecule has 0 heterocycles. The molecule has 0 radical (unpaired) electrons. The highest BCUT2D eigenvalue weighted by molar-refractivity contribution is 6.12. The summed E-state index contributed by atoms with van der Waals surface area (Å²) in [6.07, 6.45) is 2.04. The number of benzene rings is 1. The largest absolute Gasteiger partial charge is 0.369 e. The number of Topliss-reactive ketones (excluding diaryl/α,β-unsaturated/α-hetero) is 1. The maximum atomic E-state index is 11.4. The summed E-state index contributed by atoms with van der Waals surface area (Å²) < 4.78 is 5.22. The molecule has 0 aliphatic carbocycles. The molecule has 84 valence electrons. The van der Waals surface area contributed by atoms with E-state index in [0.717, 1.165) is 5.56 Å². The minimum absolute atomic E-state index is 0.0622. The van der Waals surface area contributed by atoms with Gasteiger partial charge in [0, 0.05) is 0 Å². The molecule has 16 heavy (non-hydrogen) atoms. The molecular weight excluding hydrogens is 204 g/mol. The zero-order valence-electron chi connectivity index (χ0n) is 9.18. The van der Waals surface area contributed by atoms with E-state index in [4.69, 9.17) is 4.74 Å². The highest BCUT2D eigenvalue weighted by Gasteiger charge is 2.07. The first-order valence-corrected chi connectivity index (χ1v) is 5.04. The van der Waals surface area contributed by atoms with E-state index in [1.807, 2.05) is 30.3 Å². The van der Waals surface area contributed by atoms with Crippen LogP contribution < -0.4 is 0 Å². The van der Waals surface area contributed by atoms with Gasteiger partial charge in [0.15, 0.2) is 12.1 Å². The van der Waals surface area contributed by atoms with E-state index in [0.29, 0.717) is 12.9 Å². The van der Waals surface area contributed by atoms with E-state index in [2.05, 4.69) is 0 Å². The molecule has 3 heteroatoms. The number of rotatable bonds is 6. The van der Waals surface area contributed by atoms with Crippen molar-refractivity contribution in [2.24, 2.45) is 0 Å². The lowest BCUT2D eigenvalue weighted by Gasteiger charge is -2.03. The lowest BCUT2D eigenvalue weighted by Crippen LogP contribution is -2.12. The lowest BCUT2D eigenvalue weighted by atomic mass is 10.2. The molecule has 0 aliphatic heterocycles. The summed E-state index contributed by atoms with van der Waals surface area (Å²) in [6, 6.07) is 9.56. The van der Waals surface area contributed by atoms with Crippen LogP contribution in [0.15, 0.2) is 42.0 Å². The molecule has 0 fully saturated rings. The van der Waals surface area contributed by atoms with Crippen molar-refractivity contribution >= 4 is 12.1 Å². The standard InChI is InChI=1S/C13H14O3/c1-2-12(8-14)13(15)10-16-9-11-6-4-3-5-7-11/h2-8H,9-10H2,1H3/b12-2+. The van der Waals surface area contributed by atoms with Gasteiger partial charge in [0.1, 0.15) is 6.61 Å². The average Bonchev–Trinajstić information content (AvgIpc) is 2.32. The summed E-state index contributed by atoms with van der Waals surface area (Å²) >= 11 is 0. The number of aldehydes is 1. The zero-order chi connectivity index (χ0) is 11.8. The Labute approximate surface area is 94.7 Å². The molecular formula is C13H14O3. The minimum Gasteiger partial charge on any atom is -0.369 e. The van der Waals surface area contributed by atoms with E-state index < -0.39 is 0 Å². The fourth-order valence-electron chi connectivity index (χ4n) is 1.21. The molecule has 0 atom stereocenters. The second kappa shape index (κ2) is 6.69. The maximum Gasteiger partial charge on any atom is 0.191 e. The van der Waals surface area contributed by atoms with Gasteiger partial charge in [-0.1, -0.05) is 36.4 Å². The fourth-order valence-corrected chi connectivity index (χ4v) is 1.21. The van der Waals surface area contributed by atoms with Crippen molar-refractivity contribution in [3.05, 3.63) is 47.5 Å². The summed E-state index contributed by atoms with van der Waals surface area (Å²) in [5.74, 6) is -0.284. The predicted octanol–water partition coefficient (Wildman–Crippen LogP) is 1.92. The summed E-state index contributed by atoms with van der Waals surface area (Å²) in [7, 11) is 0. The first-order valence-electron chi connectivity index (χ1n) is 5.04. The monoisotopic (exact) mass is 218 g/mol. The van der Waals surface area contributed by atoms with E-state index >= 15 is 0 Å². The number of allylic oxidation sites excluding steroid dienone is 1. The van der Waals surface area contributed by atoms with Crippen molar-refractivity contribution in [2.45, 2.75) is 13.5 Å². The molecule has 0 aliphatic rings. The summed E-state index contributed by atoms with van der Waals surface area (Å²) in [5, 5.41) is 0. The molecule has 0 amide bonds. The third-order valence-electron chi connectivity index (χ3n) is 2.10. The van der Waals surface area contributed by atoms with Gasteiger partial charge in [0.2, 0.25) is 0 Å². The molecule has 0 saturated carbocycles. The number of carbonyl (C=O) groups is 2. The van der Waals surface area contributed by atoms with Crippen molar-refractivity contribution in [1.82, 2.24) is 0 Å². The topological polar surface area (TPSA) is 43.4 Å². The van der Waals surface area contributed by atoms with Crippen molar-refractivity contribution < 1.29 is 14.3 Å². The van der Waals surface area contributed by atoms with Gasteiger partial charge in [-0.3, -0.25) is 9.59 Å². The molecule has 0 bridgehead atoms. The number of ketones is 1. The summed E-state index contributed by atoms with van der Waals surface area (Å²) in [4.78, 5) is 21.8. The van der Waals surface area contributed by atoms with Crippen LogP contribution in [-0.4, -0.2) is 18.7 Å². The van der Waals surface area contributed by atoms with E-state index in [1.165, 1.54) is 6.08 Å². The van der Waals surface area contributed by atoms with Gasteiger partial charge in [-0.25, -0.2) is 0 Å². The van der Waals surface area contributed by atoms with Crippen molar-refractivity contribution in [1.29, 1.82) is 0 Å². The third kappa shape index (κ3) is 3.79. The van der Waals surface area contributed by atoms with Gasteiger partial charge in [-0.2, -0.15) is 0 Å². The highest BCUT2D eigenvalue weighted by Crippen LogP contribution is 2.01. The smallest absolute Gasteiger partial charge is 0.191 e. The molecule has 0 aromatic heterocycles. The Morgan fingerprint density at radius 3 is 2.56 bits per heavy atom. The Balaban J connectivity index is 2.36. The van der Waals surface area contributed by atoms with Gasteiger partial charge in [0.25, 0.3) is 0 Å². The molecule has 0 spiro atoms. The van der Waals surface area contributed by atoms with Crippen LogP contribution in [0.25, 0.3) is 0 Å². The number of hydrogen-bond acceptors (Lipinski definition) is 3. The van der Waals surface area contributed by atoms with Crippen LogP contribution in [0.2, 0.25) is 0 Å². The summed E-state index contributed by atoms with van der Waals surface area (Å²) in [5.41, 5.74) is 1.16. The molecule has 1 rings (SSSR count). The van der Waals surface area contributed by atoms with Gasteiger partial charge in [0.05, 0.1) is 12.2 Å². The Bertz CT molecular complexity index is 379. The Hall–Kier alpha value is -1.74. The van der Waals surface area contributed by atoms with Crippen molar-refractivity contribution in [2.75, 3.05) is 6.61 Å². The van der Waals surface area contributed by atoms with Crippen LogP contribution in [0.4, 0.5) is 0 Å². The van der Waals surface area contributed by atoms with Gasteiger partial charge in [-0.05, 0) is 12.5 Å². The second-order valence-corrected chi connectivity index (χ2v) is 3.26. The third-order valence-corrected chi connectivity index (χ3v) is 2.10. The van der Waals surface area contributed by atoms with Crippen LogP contribution in [0.5, 0.6) is 0 Å². The average molecular weight is 218 g/mol. The van der Waals surface area contributed by atoms with Gasteiger partial charge in [-0.15, -0.1) is 0 Å². The normalized spacial score (nSPS) is 11.2. The van der Waals surface area contributed by atoms with Crippen LogP contribution >= 0.6 is 0 Å². The van der Waals surface area contributed by atoms with Crippen molar-refractivity contribution in [3.8, 4) is 0 Å². The lowest BCUT2D eigenvalue weighted by molar-refractivity contribution is -0.121. The number of hydrogen-bond donors (Lipinski definition) is 0. The molecule has 0 saturated heterocycles. The number of ether oxygens (including phenoxy) is 1. The summed E-state index contributed by atoms with van der Waals surface area (Å²) in [6.45, 7) is 1.97. The van der Waals surface area contributed by atoms with Crippen LogP contribution in [0, 0.1) is 0 Å². The van der Waals surface area contributed by atoms with Crippen LogP contribution in [-0.2, 0) is 20.9 Å². The highest BCUT2D eigenvalue weighted by atomic mass is 16.5. The Morgan fingerprint density at radius 2 is 2.00 bits per heavy atom. The van der Waals surface area contributed by atoms with Gasteiger partial charge >= 0.3 is 0 Å². The number of carbonyl (C=O) groups excluding carboxylic acids is 2. The van der Waals surface area contributed by atoms with Crippen LogP contribution in [0.3, 0.4) is 0 Å².